The van der Waals surface area contributed by atoms with Gasteiger partial charge >= 0.3 is 11.9 Å². The molecule has 15 heteroatoms. The molecule has 1 aliphatic heterocycles. The van der Waals surface area contributed by atoms with E-state index in [-0.39, 0.29) is 25.7 Å². The van der Waals surface area contributed by atoms with Crippen LogP contribution in [0.15, 0.2) is 66.1 Å². The molecule has 0 radical (unpaired) electrons. The number of imidazole rings is 2. The van der Waals surface area contributed by atoms with Crippen LogP contribution >= 0.6 is 0 Å². The van der Waals surface area contributed by atoms with Crippen molar-refractivity contribution in [2.75, 3.05) is 0 Å². The van der Waals surface area contributed by atoms with Crippen LogP contribution in [0, 0.1) is 6.92 Å². The number of carboxylic acids is 2. The Morgan fingerprint density at radius 2 is 1.32 bits per heavy atom. The molecule has 10 N–H and O–H groups in total. The molecule has 4 atom stereocenters. The quantitative estimate of drug-likeness (QED) is 0.122. The summed E-state index contributed by atoms with van der Waals surface area (Å²) >= 11 is 0. The van der Waals surface area contributed by atoms with Gasteiger partial charge in [-0.15, -0.1) is 0 Å². The average Bonchev–Trinajstić information content (AvgIpc) is 3.79. The highest BCUT2D eigenvalue weighted by Gasteiger charge is 2.26. The summed E-state index contributed by atoms with van der Waals surface area (Å²) in [4.78, 5) is 64.1. The second kappa shape index (κ2) is 16.5. The van der Waals surface area contributed by atoms with Gasteiger partial charge in [-0.2, -0.15) is 0 Å². The topological polar surface area (TPSA) is 255 Å². The standard InChI is InChI=1S/C16H20N4O3.C13H17N5O3/c1-10-2-4-11(5-3-10)6-14(16(22)23)20-15(21)13(17)7-12-8-18-9-19-12;14-10(4-9-6-15-7-17-9)12(19)18-11(13(20)21)5-8-2-1-3-16-8/h2-5,8-9,13-14H,6-7,17H2,1H3,(H,18,19)(H,20,21)(H,22,23);2-3,6-7,10-11H,1,4-5,14H2,(H,15,17)(H,18,19)(H,20,21)/t13-,14-;10-,11+/m00/s1. The molecule has 44 heavy (non-hydrogen) atoms. The first kappa shape index (κ1) is 33.4. The van der Waals surface area contributed by atoms with Crippen LogP contribution in [0.3, 0.4) is 0 Å². The molecule has 2 aromatic heterocycles. The van der Waals surface area contributed by atoms with Crippen LogP contribution in [0.1, 0.15) is 35.4 Å². The molecule has 2 amide bonds. The van der Waals surface area contributed by atoms with Crippen LogP contribution in [0.5, 0.6) is 0 Å². The monoisotopic (exact) mass is 607 g/mol. The van der Waals surface area contributed by atoms with Crippen molar-refractivity contribution in [3.8, 4) is 0 Å². The van der Waals surface area contributed by atoms with E-state index in [1.807, 2.05) is 37.3 Å². The average molecular weight is 608 g/mol. The maximum atomic E-state index is 12.1. The zero-order valence-electron chi connectivity index (χ0n) is 24.1. The van der Waals surface area contributed by atoms with E-state index in [1.54, 1.807) is 18.6 Å². The summed E-state index contributed by atoms with van der Waals surface area (Å²) in [5.41, 5.74) is 15.6. The number of aliphatic imine (C=N–C) groups is 1. The van der Waals surface area contributed by atoms with Crippen molar-refractivity contribution in [2.24, 2.45) is 16.5 Å². The van der Waals surface area contributed by atoms with Crippen molar-refractivity contribution in [2.45, 2.75) is 63.2 Å². The van der Waals surface area contributed by atoms with Gasteiger partial charge in [0.1, 0.15) is 12.1 Å². The van der Waals surface area contributed by atoms with E-state index in [4.69, 9.17) is 11.5 Å². The van der Waals surface area contributed by atoms with Crippen molar-refractivity contribution in [3.05, 3.63) is 83.6 Å². The zero-order chi connectivity index (χ0) is 32.1. The highest BCUT2D eigenvalue weighted by Crippen LogP contribution is 2.13. The molecule has 3 heterocycles. The molecular formula is C29H37N9O6. The number of hydrogen-bond acceptors (Lipinski definition) is 9. The number of nitrogens with one attached hydrogen (secondary N) is 4. The number of aliphatic carboxylic acids is 2. The number of nitrogens with two attached hydrogens (primary N) is 2. The first-order valence-corrected chi connectivity index (χ1v) is 13.8. The zero-order valence-corrected chi connectivity index (χ0v) is 24.1. The summed E-state index contributed by atoms with van der Waals surface area (Å²) in [6, 6.07) is 3.78. The minimum atomic E-state index is -1.11. The van der Waals surface area contributed by atoms with Gasteiger partial charge in [0, 0.05) is 67.8 Å². The van der Waals surface area contributed by atoms with Crippen LogP contribution in [0.4, 0.5) is 0 Å². The van der Waals surface area contributed by atoms with E-state index in [1.165, 1.54) is 12.7 Å². The minimum Gasteiger partial charge on any atom is -0.480 e. The second-order valence-corrected chi connectivity index (χ2v) is 10.2. The van der Waals surface area contributed by atoms with Gasteiger partial charge in [0.25, 0.3) is 0 Å². The second-order valence-electron chi connectivity index (χ2n) is 10.2. The van der Waals surface area contributed by atoms with Gasteiger partial charge in [-0.05, 0) is 12.5 Å². The number of benzene rings is 1. The molecule has 0 fully saturated rings. The molecule has 0 saturated heterocycles. The fourth-order valence-electron chi connectivity index (χ4n) is 4.13. The van der Waals surface area contributed by atoms with Crippen molar-refractivity contribution in [1.29, 1.82) is 0 Å². The number of rotatable bonds is 14. The van der Waals surface area contributed by atoms with E-state index in [0.717, 1.165) is 16.8 Å². The molecule has 0 spiro atoms. The number of nitrogens with zero attached hydrogens (tertiary/aromatic N) is 3. The lowest BCUT2D eigenvalue weighted by Gasteiger charge is -2.17. The Morgan fingerprint density at radius 3 is 1.73 bits per heavy atom. The summed E-state index contributed by atoms with van der Waals surface area (Å²) in [6.07, 6.45) is 11.2. The molecule has 4 rings (SSSR count). The molecule has 15 nitrogen and oxygen atoms in total. The van der Waals surface area contributed by atoms with Crippen LogP contribution in [0.25, 0.3) is 0 Å². The summed E-state index contributed by atoms with van der Waals surface area (Å²) < 4.78 is 0. The van der Waals surface area contributed by atoms with E-state index in [9.17, 15) is 29.4 Å². The lowest BCUT2D eigenvalue weighted by molar-refractivity contribution is -0.142. The maximum Gasteiger partial charge on any atom is 0.326 e. The Morgan fingerprint density at radius 1 is 0.818 bits per heavy atom. The van der Waals surface area contributed by atoms with E-state index < -0.39 is 47.9 Å². The fourth-order valence-corrected chi connectivity index (χ4v) is 4.13. The van der Waals surface area contributed by atoms with Gasteiger partial charge in [0.05, 0.1) is 24.7 Å². The van der Waals surface area contributed by atoms with E-state index >= 15 is 0 Å². The molecular weight excluding hydrogens is 570 g/mol. The van der Waals surface area contributed by atoms with Crippen molar-refractivity contribution < 1.29 is 29.4 Å². The van der Waals surface area contributed by atoms with Crippen LogP contribution in [0.2, 0.25) is 0 Å². The predicted octanol–water partition coefficient (Wildman–Crippen LogP) is -0.00258. The third-order valence-corrected chi connectivity index (χ3v) is 6.58. The van der Waals surface area contributed by atoms with Crippen molar-refractivity contribution >= 4 is 30.0 Å². The normalized spacial score (nSPS) is 14.8. The van der Waals surface area contributed by atoms with Crippen molar-refractivity contribution in [3.63, 3.8) is 0 Å². The van der Waals surface area contributed by atoms with Gasteiger partial charge in [-0.25, -0.2) is 19.6 Å². The number of hydrogen-bond donors (Lipinski definition) is 8. The molecule has 1 aromatic carbocycles. The molecule has 0 bridgehead atoms. The summed E-state index contributed by atoms with van der Waals surface area (Å²) in [7, 11) is 0. The van der Waals surface area contributed by atoms with Gasteiger partial charge in [0.15, 0.2) is 0 Å². The summed E-state index contributed by atoms with van der Waals surface area (Å²) in [5, 5.41) is 23.4. The number of aromatic amines is 2. The van der Waals surface area contributed by atoms with Crippen LogP contribution in [-0.2, 0) is 38.4 Å². The van der Waals surface area contributed by atoms with E-state index in [2.05, 4.69) is 35.6 Å². The SMILES string of the molecule is Cc1ccc(C[C@H](NC(=O)[C@@H](N)Cc2cnc[nH]2)C(=O)O)cc1.N[C@@H](Cc1cnc[nH]1)C(=O)N[C@H](CC1=CCC=N1)C(=O)O. The number of amides is 2. The van der Waals surface area contributed by atoms with Gasteiger partial charge in [-0.3, -0.25) is 14.6 Å². The largest absolute Gasteiger partial charge is 0.480 e. The summed E-state index contributed by atoms with van der Waals surface area (Å²) in [6.45, 7) is 1.95. The predicted molar refractivity (Wildman–Crippen MR) is 160 cm³/mol. The Labute approximate surface area is 253 Å². The Bertz CT molecular complexity index is 1440. The molecule has 0 aliphatic carbocycles. The lowest BCUT2D eigenvalue weighted by atomic mass is 10.0. The third-order valence-electron chi connectivity index (χ3n) is 6.58. The lowest BCUT2D eigenvalue weighted by Crippen LogP contribution is -2.50. The molecule has 0 unspecified atom stereocenters. The number of aryl methyl sites for hydroxylation is 1. The van der Waals surface area contributed by atoms with Crippen molar-refractivity contribution in [1.82, 2.24) is 30.6 Å². The highest BCUT2D eigenvalue weighted by molar-refractivity contribution is 5.88. The minimum absolute atomic E-state index is 0.147. The number of carbonyl (C=O) groups is 4. The van der Waals surface area contributed by atoms with Crippen LogP contribution in [-0.4, -0.2) is 84.3 Å². The van der Waals surface area contributed by atoms with Gasteiger partial charge < -0.3 is 42.3 Å². The fraction of sp³-hybridized carbons (Fsp3) is 0.345. The Balaban J connectivity index is 0.000000241. The number of allylic oxidation sites excluding steroid dienone is 1. The first-order valence-electron chi connectivity index (χ1n) is 13.8. The highest BCUT2D eigenvalue weighted by atomic mass is 16.4. The number of carbonyl (C=O) groups excluding carboxylic acids is 2. The molecule has 0 saturated carbocycles. The molecule has 3 aromatic rings. The molecule has 1 aliphatic rings. The number of H-pyrrole nitrogens is 2. The summed E-state index contributed by atoms with van der Waals surface area (Å²) in [5.74, 6) is -3.22. The molecule has 234 valence electrons. The van der Waals surface area contributed by atoms with Crippen LogP contribution < -0.4 is 22.1 Å². The third kappa shape index (κ3) is 10.9. The smallest absolute Gasteiger partial charge is 0.326 e. The Kier molecular flexibility index (Phi) is 12.5. The first-order chi connectivity index (χ1) is 21.0. The van der Waals surface area contributed by atoms with Gasteiger partial charge in [-0.1, -0.05) is 35.9 Å². The maximum absolute atomic E-state index is 12.1. The van der Waals surface area contributed by atoms with E-state index in [0.29, 0.717) is 17.8 Å². The Hall–Kier alpha value is -5.15. The number of carboxylic acid groups (broad SMARTS) is 2. The number of aromatic nitrogens is 4. The van der Waals surface area contributed by atoms with Gasteiger partial charge in [0.2, 0.25) is 11.8 Å².